The van der Waals surface area contributed by atoms with Crippen LogP contribution in [0.15, 0.2) is 18.3 Å². The van der Waals surface area contributed by atoms with E-state index in [4.69, 9.17) is 19.7 Å². The molecule has 5 nitrogen and oxygen atoms in total. The minimum atomic E-state index is 0.213. The highest BCUT2D eigenvalue weighted by Gasteiger charge is 2.19. The van der Waals surface area contributed by atoms with Crippen molar-refractivity contribution in [2.75, 3.05) is 13.7 Å². The molecule has 144 valence electrons. The first kappa shape index (κ1) is 19.5. The molecule has 5 heteroatoms. The Balaban J connectivity index is 2.19. The summed E-state index contributed by atoms with van der Waals surface area (Å²) in [6.45, 7) is 13.4. The monoisotopic (exact) mass is 366 g/mol. The molecule has 3 aromatic heterocycles. The normalized spacial score (nSPS) is 12.9. The number of methoxy groups -OCH3 is 1. The maximum Gasteiger partial charge on any atom is 0.159 e. The van der Waals surface area contributed by atoms with Gasteiger partial charge < -0.3 is 9.30 Å². The third kappa shape index (κ3) is 3.61. The summed E-state index contributed by atoms with van der Waals surface area (Å²) in [6, 6.07) is 4.47. The van der Waals surface area contributed by atoms with Crippen LogP contribution in [-0.4, -0.2) is 33.2 Å². The van der Waals surface area contributed by atoms with Crippen molar-refractivity contribution >= 4 is 11.2 Å². The summed E-state index contributed by atoms with van der Waals surface area (Å²) in [6.07, 6.45) is 2.96. The van der Waals surface area contributed by atoms with Gasteiger partial charge in [-0.3, -0.25) is 4.98 Å². The van der Waals surface area contributed by atoms with Crippen molar-refractivity contribution in [1.29, 1.82) is 0 Å². The first-order valence-corrected chi connectivity index (χ1v) is 9.72. The molecule has 0 spiro atoms. The lowest BCUT2D eigenvalue weighted by molar-refractivity contribution is 0.163. The van der Waals surface area contributed by atoms with Gasteiger partial charge in [0, 0.05) is 30.3 Å². The predicted octanol–water partition coefficient (Wildman–Crippen LogP) is 5.00. The molecule has 0 aliphatic rings. The van der Waals surface area contributed by atoms with E-state index in [0.717, 1.165) is 51.5 Å². The van der Waals surface area contributed by atoms with Crippen molar-refractivity contribution in [1.82, 2.24) is 19.5 Å². The second-order valence-electron chi connectivity index (χ2n) is 7.59. The van der Waals surface area contributed by atoms with Gasteiger partial charge in [-0.1, -0.05) is 20.8 Å². The van der Waals surface area contributed by atoms with Crippen molar-refractivity contribution in [2.24, 2.45) is 0 Å². The molecular weight excluding hydrogens is 336 g/mol. The highest BCUT2D eigenvalue weighted by molar-refractivity contribution is 5.80. The lowest BCUT2D eigenvalue weighted by atomic mass is 10.0. The molecule has 0 saturated heterocycles. The Morgan fingerprint density at radius 2 is 1.81 bits per heavy atom. The van der Waals surface area contributed by atoms with Gasteiger partial charge in [0.15, 0.2) is 5.65 Å². The Hall–Kier alpha value is -2.27. The van der Waals surface area contributed by atoms with E-state index in [2.05, 4.69) is 64.4 Å². The zero-order chi connectivity index (χ0) is 19.7. The van der Waals surface area contributed by atoms with Gasteiger partial charge in [0.1, 0.15) is 5.52 Å². The first-order valence-electron chi connectivity index (χ1n) is 9.72. The smallest absolute Gasteiger partial charge is 0.159 e. The minimum absolute atomic E-state index is 0.213. The van der Waals surface area contributed by atoms with Crippen LogP contribution in [0.2, 0.25) is 0 Å². The molecule has 1 atom stereocenters. The lowest BCUT2D eigenvalue weighted by Crippen LogP contribution is -2.11. The molecule has 0 aliphatic heterocycles. The lowest BCUT2D eigenvalue weighted by Gasteiger charge is -2.15. The van der Waals surface area contributed by atoms with Crippen LogP contribution < -0.4 is 0 Å². The molecular formula is C22H30N4O. The van der Waals surface area contributed by atoms with Gasteiger partial charge in [0.05, 0.1) is 24.0 Å². The van der Waals surface area contributed by atoms with E-state index < -0.39 is 0 Å². The Kier molecular flexibility index (Phi) is 5.61. The van der Waals surface area contributed by atoms with Crippen LogP contribution in [-0.2, 0) is 11.2 Å². The molecule has 0 bridgehead atoms. The van der Waals surface area contributed by atoms with Crippen LogP contribution in [0.3, 0.4) is 0 Å². The zero-order valence-corrected chi connectivity index (χ0v) is 17.5. The summed E-state index contributed by atoms with van der Waals surface area (Å²) in [7, 11) is 1.73. The van der Waals surface area contributed by atoms with Crippen molar-refractivity contribution < 1.29 is 4.74 Å². The summed E-state index contributed by atoms with van der Waals surface area (Å²) in [4.78, 5) is 14.9. The second-order valence-corrected chi connectivity index (χ2v) is 7.59. The van der Waals surface area contributed by atoms with Gasteiger partial charge in [0.25, 0.3) is 0 Å². The fraction of sp³-hybridized carbons (Fsp3) is 0.500. The number of rotatable bonds is 6. The van der Waals surface area contributed by atoms with Gasteiger partial charge in [-0.2, -0.15) is 0 Å². The highest BCUT2D eigenvalue weighted by atomic mass is 16.5. The van der Waals surface area contributed by atoms with Gasteiger partial charge in [-0.15, -0.1) is 0 Å². The van der Waals surface area contributed by atoms with Crippen LogP contribution >= 0.6 is 0 Å². The van der Waals surface area contributed by atoms with Crippen LogP contribution in [0.5, 0.6) is 0 Å². The van der Waals surface area contributed by atoms with Crippen molar-refractivity contribution in [2.45, 2.75) is 59.9 Å². The molecule has 0 aliphatic carbocycles. The number of aryl methyl sites for hydroxylation is 3. The summed E-state index contributed by atoms with van der Waals surface area (Å²) in [5, 5.41) is 0. The van der Waals surface area contributed by atoms with E-state index in [1.807, 2.05) is 0 Å². The second kappa shape index (κ2) is 7.77. The molecule has 0 amide bonds. The maximum atomic E-state index is 5.33. The molecule has 0 unspecified atom stereocenters. The minimum Gasteiger partial charge on any atom is -0.383 e. The number of hydrogen-bond acceptors (Lipinski definition) is 4. The molecule has 0 radical (unpaired) electrons. The predicted molar refractivity (Wildman–Crippen MR) is 110 cm³/mol. The van der Waals surface area contributed by atoms with Crippen molar-refractivity contribution in [3.05, 3.63) is 41.0 Å². The van der Waals surface area contributed by atoms with Gasteiger partial charge in [-0.05, 0) is 50.8 Å². The Morgan fingerprint density at radius 3 is 2.41 bits per heavy atom. The van der Waals surface area contributed by atoms with E-state index in [1.54, 1.807) is 7.11 Å². The van der Waals surface area contributed by atoms with E-state index in [0.29, 0.717) is 12.5 Å². The van der Waals surface area contributed by atoms with Crippen LogP contribution in [0, 0.1) is 13.8 Å². The molecule has 0 saturated carbocycles. The third-order valence-corrected chi connectivity index (χ3v) is 5.07. The van der Waals surface area contributed by atoms with Crippen LogP contribution in [0.1, 0.15) is 62.3 Å². The largest absolute Gasteiger partial charge is 0.383 e. The summed E-state index contributed by atoms with van der Waals surface area (Å²) < 4.78 is 7.51. The number of fused-ring (bicyclic) bond motifs is 1. The van der Waals surface area contributed by atoms with E-state index in [1.165, 1.54) is 0 Å². The Bertz CT molecular complexity index is 959. The summed E-state index contributed by atoms with van der Waals surface area (Å²) in [5.74, 6) is 0.413. The summed E-state index contributed by atoms with van der Waals surface area (Å²) in [5.41, 5.74) is 8.17. The first-order chi connectivity index (χ1) is 12.9. The molecule has 3 heterocycles. The van der Waals surface area contributed by atoms with Crippen LogP contribution in [0.4, 0.5) is 0 Å². The van der Waals surface area contributed by atoms with Crippen LogP contribution in [0.25, 0.3) is 22.4 Å². The van der Waals surface area contributed by atoms with E-state index in [9.17, 15) is 0 Å². The molecule has 0 fully saturated rings. The standard InChI is InChI=1S/C22H30N4O/c1-8-18-21(17-9-10-19(13(2)3)23-16(17)6)25-20-14(4)11-26(22(20)24-18)15(5)12-27-7/h9-11,13,15H,8,12H2,1-7H3/t15-/m0/s1. The number of hydrogen-bond donors (Lipinski definition) is 0. The van der Waals surface area contributed by atoms with Gasteiger partial charge in [-0.25, -0.2) is 9.97 Å². The number of ether oxygens (including phenoxy) is 1. The maximum absolute atomic E-state index is 5.33. The molecule has 3 aromatic rings. The van der Waals surface area contributed by atoms with E-state index in [-0.39, 0.29) is 6.04 Å². The fourth-order valence-electron chi connectivity index (χ4n) is 3.51. The average molecular weight is 367 g/mol. The molecule has 0 N–H and O–H groups in total. The molecule has 27 heavy (non-hydrogen) atoms. The van der Waals surface area contributed by atoms with Crippen molar-refractivity contribution in [3.63, 3.8) is 0 Å². The number of pyridine rings is 1. The van der Waals surface area contributed by atoms with Gasteiger partial charge in [0.2, 0.25) is 0 Å². The zero-order valence-electron chi connectivity index (χ0n) is 17.5. The molecule has 3 rings (SSSR count). The quantitative estimate of drug-likeness (QED) is 0.616. The van der Waals surface area contributed by atoms with E-state index >= 15 is 0 Å². The number of nitrogens with zero attached hydrogens (tertiary/aromatic N) is 4. The Labute approximate surface area is 161 Å². The SMILES string of the molecule is CCc1nc2c(nc1-c1ccc(C(C)C)nc1C)c(C)cn2[C@@H](C)COC. The number of aromatic nitrogens is 4. The van der Waals surface area contributed by atoms with Gasteiger partial charge >= 0.3 is 0 Å². The summed E-state index contributed by atoms with van der Waals surface area (Å²) >= 11 is 0. The fourth-order valence-corrected chi connectivity index (χ4v) is 3.51. The Morgan fingerprint density at radius 1 is 1.07 bits per heavy atom. The average Bonchev–Trinajstić information content (AvgIpc) is 2.96. The third-order valence-electron chi connectivity index (χ3n) is 5.07. The highest BCUT2D eigenvalue weighted by Crippen LogP contribution is 2.30. The van der Waals surface area contributed by atoms with Crippen molar-refractivity contribution in [3.8, 4) is 11.3 Å². The molecule has 0 aromatic carbocycles. The topological polar surface area (TPSA) is 52.8 Å².